The number of piperazine rings is 2. The molecule has 21 nitrogen and oxygen atoms in total. The second-order valence-electron chi connectivity index (χ2n) is 24.8. The molecular weight excluding hydrogens is 1260 g/mol. The lowest BCUT2D eigenvalue weighted by Crippen LogP contribution is -2.50. The molecule has 13 rings (SSSR count). The first kappa shape index (κ1) is 63.3. The number of hydrogen-bond donors (Lipinski definition) is 1. The lowest BCUT2D eigenvalue weighted by molar-refractivity contribution is -0.146. The van der Waals surface area contributed by atoms with Crippen LogP contribution in [0.1, 0.15) is 96.2 Å². The van der Waals surface area contributed by atoms with Crippen LogP contribution >= 0.6 is 57.7 Å². The molecule has 5 aromatic heterocycles. The van der Waals surface area contributed by atoms with Gasteiger partial charge in [0.25, 0.3) is 5.91 Å². The number of anilines is 3. The average Bonchev–Trinajstić information content (AvgIpc) is 1.65. The van der Waals surface area contributed by atoms with Crippen molar-refractivity contribution in [3.05, 3.63) is 140 Å². The third-order valence-electron chi connectivity index (χ3n) is 16.4. The Kier molecular flexibility index (Phi) is 18.1. The van der Waals surface area contributed by atoms with Crippen molar-refractivity contribution in [2.45, 2.75) is 111 Å². The number of hydrogen-bond acceptors (Lipinski definition) is 15. The molecule has 9 heterocycles. The van der Waals surface area contributed by atoms with Crippen LogP contribution in [-0.4, -0.2) is 148 Å². The van der Waals surface area contributed by atoms with Crippen LogP contribution < -0.4 is 15.1 Å². The van der Waals surface area contributed by atoms with Gasteiger partial charge in [-0.1, -0.05) is 70.7 Å². The average molecular weight is 1330 g/mol. The van der Waals surface area contributed by atoms with Gasteiger partial charge in [0.15, 0.2) is 17.2 Å². The number of halogens is 4. The van der Waals surface area contributed by atoms with Gasteiger partial charge in [0.05, 0.1) is 50.7 Å². The number of thiazole rings is 1. The molecule has 1 N–H and O–H groups in total. The Hall–Kier alpha value is -7.89. The minimum atomic E-state index is -0.845. The van der Waals surface area contributed by atoms with Crippen molar-refractivity contribution in [1.29, 1.82) is 0 Å². The summed E-state index contributed by atoms with van der Waals surface area (Å²) in [4.78, 5) is 73.3. The molecule has 4 aromatic carbocycles. The van der Waals surface area contributed by atoms with Gasteiger partial charge < -0.3 is 42.9 Å². The molecule has 91 heavy (non-hydrogen) atoms. The Bertz CT molecular complexity index is 4170. The van der Waals surface area contributed by atoms with Crippen LogP contribution in [0, 0.1) is 0 Å². The fourth-order valence-corrected chi connectivity index (χ4v) is 13.7. The Morgan fingerprint density at radius 2 is 1.03 bits per heavy atom. The van der Waals surface area contributed by atoms with Crippen molar-refractivity contribution in [2.75, 3.05) is 74.1 Å². The second-order valence-corrected chi connectivity index (χ2v) is 27.3. The molecule has 0 spiro atoms. The molecule has 9 aromatic rings. The van der Waals surface area contributed by atoms with Gasteiger partial charge in [-0.05, 0) is 122 Å². The zero-order valence-corrected chi connectivity index (χ0v) is 55.4. The van der Waals surface area contributed by atoms with Crippen LogP contribution in [0.5, 0.6) is 0 Å². The summed E-state index contributed by atoms with van der Waals surface area (Å²) in [5.74, 6) is -0.722. The summed E-state index contributed by atoms with van der Waals surface area (Å²) in [6.07, 6.45) is 11.8. The van der Waals surface area contributed by atoms with E-state index in [-0.39, 0.29) is 24.7 Å². The van der Waals surface area contributed by atoms with Crippen LogP contribution in [-0.2, 0) is 49.7 Å². The van der Waals surface area contributed by atoms with E-state index in [0.717, 1.165) is 83.8 Å². The maximum Gasteiger partial charge on any atom is 0.410 e. The maximum atomic E-state index is 13.8. The predicted octanol–water partition coefficient (Wildman–Crippen LogP) is 13.3. The molecule has 4 aliphatic rings. The van der Waals surface area contributed by atoms with Crippen LogP contribution in [0.3, 0.4) is 0 Å². The largest absolute Gasteiger partial charge is 0.464 e. The van der Waals surface area contributed by atoms with Crippen molar-refractivity contribution in [3.8, 4) is 22.3 Å². The van der Waals surface area contributed by atoms with Crippen molar-refractivity contribution in [3.63, 3.8) is 0 Å². The number of carbonyl (C=O) groups excluding carboxylic acids is 4. The number of imidazole rings is 2. The molecule has 0 saturated carbocycles. The lowest BCUT2D eigenvalue weighted by atomic mass is 10.0. The third kappa shape index (κ3) is 13.4. The molecule has 26 heteroatoms. The van der Waals surface area contributed by atoms with Gasteiger partial charge in [-0.3, -0.25) is 19.5 Å². The van der Waals surface area contributed by atoms with Crippen LogP contribution in [0.4, 0.5) is 26.1 Å². The zero-order valence-electron chi connectivity index (χ0n) is 51.6. The highest BCUT2D eigenvalue weighted by molar-refractivity contribution is 7.13. The van der Waals surface area contributed by atoms with E-state index in [1.165, 1.54) is 11.3 Å². The quantitative estimate of drug-likeness (QED) is 0.0893. The van der Waals surface area contributed by atoms with Crippen molar-refractivity contribution in [1.82, 2.24) is 53.4 Å². The van der Waals surface area contributed by atoms with Gasteiger partial charge in [0.2, 0.25) is 0 Å². The number of carbonyl (C=O) groups is 4. The van der Waals surface area contributed by atoms with Gasteiger partial charge in [-0.2, -0.15) is 10.2 Å². The summed E-state index contributed by atoms with van der Waals surface area (Å²) < 4.78 is 23.8. The molecule has 0 bridgehead atoms. The summed E-state index contributed by atoms with van der Waals surface area (Å²) in [6.45, 7) is 20.2. The maximum absolute atomic E-state index is 13.8. The molecule has 0 unspecified atom stereocenters. The molecular formula is C65H70Cl4N14O7S. The minimum absolute atomic E-state index is 0.243. The first-order valence-electron chi connectivity index (χ1n) is 30.4. The highest BCUT2D eigenvalue weighted by Crippen LogP contribution is 2.42. The van der Waals surface area contributed by atoms with E-state index in [9.17, 15) is 19.2 Å². The number of nitrogens with one attached hydrogen (secondary N) is 1. The smallest absolute Gasteiger partial charge is 0.410 e. The fraction of sp³-hybridized carbons (Fsp3) is 0.400. The topological polar surface area (TPSA) is 205 Å². The number of nitrogens with zero attached hydrogens (tertiary/aromatic N) is 13. The van der Waals surface area contributed by atoms with E-state index in [1.54, 1.807) is 62.7 Å². The van der Waals surface area contributed by atoms with E-state index >= 15 is 0 Å². The Balaban J connectivity index is 0.000000176. The monoisotopic (exact) mass is 1330 g/mol. The third-order valence-corrected chi connectivity index (χ3v) is 18.5. The highest BCUT2D eigenvalue weighted by Gasteiger charge is 2.36. The zero-order chi connectivity index (χ0) is 64.0. The SMILES string of the molecule is CC(C)(C)OC(=O)N1CCN(c2ccc(-c3cc(Cl)c4cn([C@@H](C(=O)Nc5nccs5)c5ncn6c5CCC6)nc4c3Cl)cc2)CC1.CCOC(=O)[C@@H](c1ncn2c1CCC2)n1cc2c(Cl)cc(-c3ccc(N4CCN(C(=O)OC(C)(C)C)CC4)cc3)c(Cl)c2n1. The summed E-state index contributed by atoms with van der Waals surface area (Å²) in [7, 11) is 0. The number of ether oxygens (including phenoxy) is 3. The van der Waals surface area contributed by atoms with Crippen molar-refractivity contribution < 1.29 is 33.4 Å². The van der Waals surface area contributed by atoms with E-state index in [2.05, 4.69) is 39.2 Å². The fourth-order valence-electron chi connectivity index (χ4n) is 12.0. The summed E-state index contributed by atoms with van der Waals surface area (Å²) in [5.41, 5.74) is 8.65. The molecule has 476 valence electrons. The van der Waals surface area contributed by atoms with Crippen LogP contribution in [0.15, 0.2) is 97.3 Å². The van der Waals surface area contributed by atoms with Gasteiger partial charge in [0.1, 0.15) is 22.2 Å². The number of amides is 3. The van der Waals surface area contributed by atoms with E-state index < -0.39 is 29.3 Å². The lowest BCUT2D eigenvalue weighted by Gasteiger charge is -2.36. The van der Waals surface area contributed by atoms with Gasteiger partial charge in [-0.15, -0.1) is 11.3 Å². The Labute approximate surface area is 550 Å². The van der Waals surface area contributed by atoms with Crippen molar-refractivity contribution in [2.24, 2.45) is 0 Å². The van der Waals surface area contributed by atoms with Gasteiger partial charge in [-0.25, -0.2) is 29.3 Å². The second kappa shape index (κ2) is 26.0. The van der Waals surface area contributed by atoms with Gasteiger partial charge >= 0.3 is 18.2 Å². The number of aryl methyl sites for hydroxylation is 2. The van der Waals surface area contributed by atoms with Gasteiger partial charge in [0, 0.05) is 134 Å². The molecule has 2 saturated heterocycles. The van der Waals surface area contributed by atoms with E-state index in [4.69, 9.17) is 70.8 Å². The van der Waals surface area contributed by atoms with Crippen LogP contribution in [0.2, 0.25) is 20.1 Å². The van der Waals surface area contributed by atoms with E-state index in [0.29, 0.717) is 111 Å². The predicted molar refractivity (Wildman–Crippen MR) is 355 cm³/mol. The molecule has 4 aliphatic heterocycles. The van der Waals surface area contributed by atoms with E-state index in [1.807, 2.05) is 102 Å². The van der Waals surface area contributed by atoms with Crippen LogP contribution in [0.25, 0.3) is 44.1 Å². The number of aromatic nitrogens is 9. The Morgan fingerprint density at radius 3 is 1.45 bits per heavy atom. The summed E-state index contributed by atoms with van der Waals surface area (Å²) >= 11 is 29.0. The minimum Gasteiger partial charge on any atom is -0.464 e. The number of esters is 1. The molecule has 2 fully saturated rings. The number of benzene rings is 4. The summed E-state index contributed by atoms with van der Waals surface area (Å²) in [5, 5.41) is 18.0. The molecule has 0 radical (unpaired) electrons. The normalized spacial score (nSPS) is 15.7. The molecule has 2 atom stereocenters. The number of fused-ring (bicyclic) bond motifs is 4. The van der Waals surface area contributed by atoms with Crippen molar-refractivity contribution >= 4 is 120 Å². The Morgan fingerprint density at radius 1 is 0.593 bits per heavy atom. The first-order valence-corrected chi connectivity index (χ1v) is 32.8. The standard InChI is InChI=1S/C33H34Cl2N8O3S.C32H36Cl2N6O4/c1-33(2,3)46-32(45)41-14-12-40(13-15-41)21-8-6-20(7-9-21)22-17-24(34)23-18-43(39-27(23)26(22)35)29(30(44)38-31-36-10-16-47-31)28-25-5-4-11-42(25)19-37-28;1-5-43-30(41)29(28-25-7-6-12-39(25)19-35-28)40-18-23-24(33)17-22(26(34)27(23)36-40)20-8-10-21(11-9-20)37-13-15-38(16-14-37)31(42)44-32(2,3)4/h6-10,16-19,29H,4-5,11-15H2,1-3H3,(H,36,38,44);8-11,17-19,29H,5-7,12-16H2,1-4H3/t2*29-/m11/s1. The molecule has 3 amide bonds. The first-order chi connectivity index (χ1) is 43.6. The molecule has 0 aliphatic carbocycles. The summed E-state index contributed by atoms with van der Waals surface area (Å²) in [6, 6.07) is 18.2. The number of rotatable bonds is 12. The highest BCUT2D eigenvalue weighted by atomic mass is 35.5.